The summed E-state index contributed by atoms with van der Waals surface area (Å²) in [6, 6.07) is 5.24. The molecule has 3 heterocycles. The van der Waals surface area contributed by atoms with E-state index in [2.05, 4.69) is 10.6 Å². The molecule has 1 unspecified atom stereocenters. The summed E-state index contributed by atoms with van der Waals surface area (Å²) in [7, 11) is 0. The Hall–Kier alpha value is -2.33. The van der Waals surface area contributed by atoms with Crippen LogP contribution in [0.1, 0.15) is 47.2 Å². The molecule has 0 saturated carbocycles. The lowest BCUT2D eigenvalue weighted by Crippen LogP contribution is -2.52. The minimum Gasteiger partial charge on any atom is -0.381 e. The van der Waals surface area contributed by atoms with Gasteiger partial charge in [0.25, 0.3) is 5.91 Å². The highest BCUT2D eigenvalue weighted by Gasteiger charge is 2.39. The van der Waals surface area contributed by atoms with Gasteiger partial charge in [0.15, 0.2) is 0 Å². The smallest absolute Gasteiger partial charge is 0.255 e. The van der Waals surface area contributed by atoms with E-state index >= 15 is 0 Å². The molecule has 9 heteroatoms. The van der Waals surface area contributed by atoms with E-state index in [4.69, 9.17) is 15.2 Å². The summed E-state index contributed by atoms with van der Waals surface area (Å²) in [5.74, 6) is -0.824. The van der Waals surface area contributed by atoms with Crippen molar-refractivity contribution in [1.29, 1.82) is 0 Å². The van der Waals surface area contributed by atoms with E-state index < -0.39 is 6.04 Å². The molecular formula is C22H30N4O5. The Kier molecular flexibility index (Phi) is 6.66. The number of imide groups is 1. The number of rotatable bonds is 8. The van der Waals surface area contributed by atoms with E-state index in [1.54, 1.807) is 4.90 Å². The number of nitrogens with one attached hydrogen (secondary N) is 2. The number of hydrogen-bond donors (Lipinski definition) is 3. The molecule has 0 radical (unpaired) electrons. The molecule has 0 aliphatic carbocycles. The molecule has 2 saturated heterocycles. The molecule has 0 spiro atoms. The molecule has 4 rings (SSSR count). The van der Waals surface area contributed by atoms with Crippen LogP contribution in [0.3, 0.4) is 0 Å². The first-order chi connectivity index (χ1) is 15.0. The third-order valence-electron chi connectivity index (χ3n) is 6.38. The molecule has 4 N–H and O–H groups in total. The molecule has 0 bridgehead atoms. The van der Waals surface area contributed by atoms with Gasteiger partial charge in [0.05, 0.1) is 12.2 Å². The fraction of sp³-hybridized carbons (Fsp3) is 0.591. The fourth-order valence-electron chi connectivity index (χ4n) is 4.44. The van der Waals surface area contributed by atoms with Crippen molar-refractivity contribution in [2.75, 3.05) is 32.9 Å². The van der Waals surface area contributed by atoms with Crippen molar-refractivity contribution >= 4 is 17.7 Å². The zero-order valence-electron chi connectivity index (χ0n) is 17.7. The van der Waals surface area contributed by atoms with E-state index in [1.807, 2.05) is 18.2 Å². The first-order valence-corrected chi connectivity index (χ1v) is 10.9. The minimum atomic E-state index is -0.587. The maximum absolute atomic E-state index is 12.9. The van der Waals surface area contributed by atoms with E-state index in [0.717, 1.165) is 24.0 Å². The van der Waals surface area contributed by atoms with Gasteiger partial charge in [-0.15, -0.1) is 0 Å². The van der Waals surface area contributed by atoms with Gasteiger partial charge in [-0.05, 0) is 23.6 Å². The highest BCUT2D eigenvalue weighted by molar-refractivity contribution is 6.05. The molecule has 3 amide bonds. The number of carbonyl (C=O) groups is 3. The first kappa shape index (κ1) is 21.9. The second-order valence-corrected chi connectivity index (χ2v) is 8.42. The largest absolute Gasteiger partial charge is 0.381 e. The zero-order valence-corrected chi connectivity index (χ0v) is 17.7. The number of hydrogen-bond acceptors (Lipinski definition) is 7. The SMILES string of the molecule is NCC1(OCCNCc2ccc3c(c2)C(=O)N(C2CCC(=O)NC2=O)C3)CCOCC1. The Labute approximate surface area is 181 Å². The number of amides is 3. The van der Waals surface area contributed by atoms with E-state index in [1.165, 1.54) is 0 Å². The average molecular weight is 431 g/mol. The minimum absolute atomic E-state index is 0.154. The maximum atomic E-state index is 12.9. The topological polar surface area (TPSA) is 123 Å². The average Bonchev–Trinajstić information content (AvgIpc) is 3.10. The number of nitrogens with zero attached hydrogens (tertiary/aromatic N) is 1. The molecule has 9 nitrogen and oxygen atoms in total. The molecule has 1 atom stereocenters. The molecule has 168 valence electrons. The number of nitrogens with two attached hydrogens (primary N) is 1. The molecule has 3 aliphatic rings. The molecule has 3 aliphatic heterocycles. The van der Waals surface area contributed by atoms with Gasteiger partial charge in [-0.1, -0.05) is 12.1 Å². The molecule has 0 aromatic heterocycles. The zero-order chi connectivity index (χ0) is 21.8. The number of ether oxygens (including phenoxy) is 2. The van der Waals surface area contributed by atoms with E-state index in [0.29, 0.717) is 58.0 Å². The number of piperidine rings is 1. The third-order valence-corrected chi connectivity index (χ3v) is 6.38. The first-order valence-electron chi connectivity index (χ1n) is 10.9. The monoisotopic (exact) mass is 430 g/mol. The normalized spacial score (nSPS) is 23.1. The van der Waals surface area contributed by atoms with Crippen molar-refractivity contribution in [3.8, 4) is 0 Å². The lowest BCUT2D eigenvalue weighted by atomic mass is 9.94. The van der Waals surface area contributed by atoms with Gasteiger partial charge in [-0.25, -0.2) is 0 Å². The van der Waals surface area contributed by atoms with Gasteiger partial charge in [0.2, 0.25) is 11.8 Å². The Balaban J connectivity index is 1.28. The summed E-state index contributed by atoms with van der Waals surface area (Å²) in [6.45, 7) is 4.11. The molecule has 31 heavy (non-hydrogen) atoms. The second-order valence-electron chi connectivity index (χ2n) is 8.42. The molecule has 1 aromatic rings. The number of carbonyl (C=O) groups excluding carboxylic acids is 3. The summed E-state index contributed by atoms with van der Waals surface area (Å²) in [5.41, 5.74) is 8.17. The summed E-state index contributed by atoms with van der Waals surface area (Å²) >= 11 is 0. The highest BCUT2D eigenvalue weighted by atomic mass is 16.5. The summed E-state index contributed by atoms with van der Waals surface area (Å²) in [6.07, 6.45) is 2.27. The van der Waals surface area contributed by atoms with Crippen molar-refractivity contribution < 1.29 is 23.9 Å². The van der Waals surface area contributed by atoms with E-state index in [9.17, 15) is 14.4 Å². The van der Waals surface area contributed by atoms with Crippen molar-refractivity contribution in [2.24, 2.45) is 5.73 Å². The Morgan fingerprint density at radius 3 is 2.81 bits per heavy atom. The third kappa shape index (κ3) is 4.79. The van der Waals surface area contributed by atoms with Gasteiger partial charge in [0, 0.05) is 64.2 Å². The molecule has 2 fully saturated rings. The van der Waals surface area contributed by atoms with Crippen LogP contribution < -0.4 is 16.4 Å². The standard InChI is InChI=1S/C22H30N4O5/c23-14-22(5-8-30-9-6-22)31-10-7-24-12-15-1-2-16-13-26(21(29)17(16)11-15)18-3-4-19(27)25-20(18)28/h1-2,11,18,24H,3-10,12-14,23H2,(H,25,27,28). The van der Waals surface area contributed by atoms with Crippen LogP contribution in [-0.2, 0) is 32.2 Å². The van der Waals surface area contributed by atoms with Gasteiger partial charge < -0.3 is 25.4 Å². The van der Waals surface area contributed by atoms with Crippen molar-refractivity contribution in [3.63, 3.8) is 0 Å². The van der Waals surface area contributed by atoms with Gasteiger partial charge in [0.1, 0.15) is 6.04 Å². The van der Waals surface area contributed by atoms with Crippen LogP contribution in [0, 0.1) is 0 Å². The number of benzene rings is 1. The maximum Gasteiger partial charge on any atom is 0.255 e. The Morgan fingerprint density at radius 2 is 2.06 bits per heavy atom. The lowest BCUT2D eigenvalue weighted by Gasteiger charge is -2.36. The van der Waals surface area contributed by atoms with Gasteiger partial charge in [-0.2, -0.15) is 0 Å². The lowest BCUT2D eigenvalue weighted by molar-refractivity contribution is -0.136. The second kappa shape index (κ2) is 9.44. The van der Waals surface area contributed by atoms with Gasteiger partial charge >= 0.3 is 0 Å². The van der Waals surface area contributed by atoms with Crippen molar-refractivity contribution in [2.45, 2.75) is 50.4 Å². The quantitative estimate of drug-likeness (QED) is 0.394. The molecule has 1 aromatic carbocycles. The summed E-state index contributed by atoms with van der Waals surface area (Å²) < 4.78 is 11.5. The van der Waals surface area contributed by atoms with Gasteiger partial charge in [-0.3, -0.25) is 19.7 Å². The summed E-state index contributed by atoms with van der Waals surface area (Å²) in [5, 5.41) is 5.68. The number of fused-ring (bicyclic) bond motifs is 1. The van der Waals surface area contributed by atoms with Crippen LogP contribution in [0.4, 0.5) is 0 Å². The van der Waals surface area contributed by atoms with Crippen LogP contribution >= 0.6 is 0 Å². The van der Waals surface area contributed by atoms with Crippen molar-refractivity contribution in [1.82, 2.24) is 15.5 Å². The van der Waals surface area contributed by atoms with Crippen LogP contribution in [0.25, 0.3) is 0 Å². The summed E-state index contributed by atoms with van der Waals surface area (Å²) in [4.78, 5) is 38.0. The highest BCUT2D eigenvalue weighted by Crippen LogP contribution is 2.28. The van der Waals surface area contributed by atoms with Crippen LogP contribution in [0.15, 0.2) is 18.2 Å². The Bertz CT molecular complexity index is 852. The fourth-order valence-corrected chi connectivity index (χ4v) is 4.44. The molecular weight excluding hydrogens is 400 g/mol. The van der Waals surface area contributed by atoms with Crippen LogP contribution in [0.2, 0.25) is 0 Å². The predicted molar refractivity (Wildman–Crippen MR) is 112 cm³/mol. The van der Waals surface area contributed by atoms with E-state index in [-0.39, 0.29) is 29.7 Å². The van der Waals surface area contributed by atoms with Crippen LogP contribution in [-0.4, -0.2) is 67.2 Å². The van der Waals surface area contributed by atoms with Crippen molar-refractivity contribution in [3.05, 3.63) is 34.9 Å². The Morgan fingerprint density at radius 1 is 1.26 bits per heavy atom. The predicted octanol–water partition coefficient (Wildman–Crippen LogP) is 0.0617. The van der Waals surface area contributed by atoms with Crippen LogP contribution in [0.5, 0.6) is 0 Å².